The van der Waals surface area contributed by atoms with E-state index in [9.17, 15) is 22.0 Å². The van der Waals surface area contributed by atoms with Gasteiger partial charge in [0.1, 0.15) is 23.1 Å². The summed E-state index contributed by atoms with van der Waals surface area (Å²) in [6.07, 6.45) is 0. The highest BCUT2D eigenvalue weighted by Gasteiger charge is 2.21. The fourth-order valence-electron chi connectivity index (χ4n) is 3.13. The lowest BCUT2D eigenvalue weighted by Gasteiger charge is -2.07. The van der Waals surface area contributed by atoms with Crippen LogP contribution in [0, 0.1) is 18.6 Å². The average Bonchev–Trinajstić information content (AvgIpc) is 3.16. The highest BCUT2D eigenvalue weighted by Crippen LogP contribution is 2.25. The standard InChI is InChI=1S/C24H18F2N2O4S/c1-15-22(14-33(30,31)19-5-3-2-4-6-19)28-24(32-15)17-9-7-16(8-10-17)23(29)27-21-12-11-18(25)13-20(21)26/h2-13H,14H2,1H3,(H,27,29). The Morgan fingerprint density at radius 1 is 1.00 bits per heavy atom. The number of hydrogen-bond acceptors (Lipinski definition) is 5. The molecule has 1 N–H and O–H groups in total. The molecule has 6 nitrogen and oxygen atoms in total. The Labute approximate surface area is 188 Å². The summed E-state index contributed by atoms with van der Waals surface area (Å²) < 4.78 is 57.7. The maximum absolute atomic E-state index is 13.8. The normalized spacial score (nSPS) is 11.4. The maximum atomic E-state index is 13.8. The predicted octanol–water partition coefficient (Wildman–Crippen LogP) is 5.15. The summed E-state index contributed by atoms with van der Waals surface area (Å²) in [5.41, 5.74) is 0.920. The van der Waals surface area contributed by atoms with Crippen LogP contribution in [-0.4, -0.2) is 19.3 Å². The first-order valence-electron chi connectivity index (χ1n) is 9.84. The smallest absolute Gasteiger partial charge is 0.255 e. The van der Waals surface area contributed by atoms with Gasteiger partial charge in [0.2, 0.25) is 5.89 Å². The number of oxazole rings is 1. The average molecular weight is 468 g/mol. The molecule has 9 heteroatoms. The first kappa shape index (κ1) is 22.3. The van der Waals surface area contributed by atoms with Crippen molar-refractivity contribution < 1.29 is 26.4 Å². The van der Waals surface area contributed by atoms with Gasteiger partial charge < -0.3 is 9.73 Å². The summed E-state index contributed by atoms with van der Waals surface area (Å²) in [5, 5.41) is 2.38. The van der Waals surface area contributed by atoms with Crippen molar-refractivity contribution in [2.24, 2.45) is 0 Å². The Hall–Kier alpha value is -3.85. The van der Waals surface area contributed by atoms with E-state index >= 15 is 0 Å². The van der Waals surface area contributed by atoms with Crippen molar-refractivity contribution in [2.45, 2.75) is 17.6 Å². The van der Waals surface area contributed by atoms with Crippen LogP contribution in [0.1, 0.15) is 21.8 Å². The summed E-state index contributed by atoms with van der Waals surface area (Å²) in [6, 6.07) is 17.1. The molecule has 33 heavy (non-hydrogen) atoms. The number of anilines is 1. The number of amides is 1. The van der Waals surface area contributed by atoms with Crippen LogP contribution in [0.15, 0.2) is 82.1 Å². The molecule has 0 aliphatic heterocycles. The number of halogens is 2. The maximum Gasteiger partial charge on any atom is 0.255 e. The fraction of sp³-hybridized carbons (Fsp3) is 0.0833. The molecule has 3 aromatic carbocycles. The van der Waals surface area contributed by atoms with Crippen molar-refractivity contribution in [1.29, 1.82) is 0 Å². The third-order valence-electron chi connectivity index (χ3n) is 4.90. The van der Waals surface area contributed by atoms with E-state index in [1.807, 2.05) is 0 Å². The van der Waals surface area contributed by atoms with Crippen molar-refractivity contribution in [3.8, 4) is 11.5 Å². The number of nitrogens with one attached hydrogen (secondary N) is 1. The summed E-state index contributed by atoms with van der Waals surface area (Å²) in [6.45, 7) is 1.63. The van der Waals surface area contributed by atoms with Crippen LogP contribution in [0.5, 0.6) is 0 Å². The number of rotatable bonds is 6. The van der Waals surface area contributed by atoms with E-state index in [0.29, 0.717) is 23.1 Å². The van der Waals surface area contributed by atoms with Crippen molar-refractivity contribution in [3.63, 3.8) is 0 Å². The molecule has 0 unspecified atom stereocenters. The molecular formula is C24H18F2N2O4S. The van der Waals surface area contributed by atoms with Gasteiger partial charge in [0, 0.05) is 17.2 Å². The van der Waals surface area contributed by atoms with Crippen LogP contribution in [0.4, 0.5) is 14.5 Å². The second-order valence-corrected chi connectivity index (χ2v) is 9.24. The van der Waals surface area contributed by atoms with Crippen LogP contribution in [0.25, 0.3) is 11.5 Å². The monoisotopic (exact) mass is 468 g/mol. The van der Waals surface area contributed by atoms with Gasteiger partial charge in [-0.05, 0) is 55.5 Å². The van der Waals surface area contributed by atoms with Crippen LogP contribution >= 0.6 is 0 Å². The number of sulfone groups is 1. The molecule has 4 rings (SSSR count). The molecular weight excluding hydrogens is 450 g/mol. The minimum Gasteiger partial charge on any atom is -0.441 e. The van der Waals surface area contributed by atoms with Crippen molar-refractivity contribution in [3.05, 3.63) is 101 Å². The molecule has 1 amide bonds. The molecule has 0 spiro atoms. The number of aromatic nitrogens is 1. The van der Waals surface area contributed by atoms with Gasteiger partial charge in [-0.15, -0.1) is 0 Å². The van der Waals surface area contributed by atoms with Gasteiger partial charge in [0.05, 0.1) is 16.3 Å². The third kappa shape index (κ3) is 4.98. The second-order valence-electron chi connectivity index (χ2n) is 7.25. The molecule has 0 bridgehead atoms. The van der Waals surface area contributed by atoms with E-state index in [2.05, 4.69) is 10.3 Å². The zero-order chi connectivity index (χ0) is 23.6. The first-order valence-corrected chi connectivity index (χ1v) is 11.5. The Morgan fingerprint density at radius 2 is 1.70 bits per heavy atom. The molecule has 0 saturated heterocycles. The summed E-state index contributed by atoms with van der Waals surface area (Å²) >= 11 is 0. The molecule has 168 valence electrons. The summed E-state index contributed by atoms with van der Waals surface area (Å²) in [7, 11) is -3.59. The largest absolute Gasteiger partial charge is 0.441 e. The van der Waals surface area contributed by atoms with E-state index in [0.717, 1.165) is 12.1 Å². The van der Waals surface area contributed by atoms with E-state index < -0.39 is 27.4 Å². The second kappa shape index (κ2) is 8.95. The number of carbonyl (C=O) groups is 1. The highest BCUT2D eigenvalue weighted by atomic mass is 32.2. The molecule has 0 fully saturated rings. The fourth-order valence-corrected chi connectivity index (χ4v) is 4.49. The Kier molecular flexibility index (Phi) is 6.06. The summed E-state index contributed by atoms with van der Waals surface area (Å²) in [5.74, 6) is -1.93. The Morgan fingerprint density at radius 3 is 2.36 bits per heavy atom. The first-order chi connectivity index (χ1) is 15.7. The lowest BCUT2D eigenvalue weighted by atomic mass is 10.1. The minimum atomic E-state index is -3.59. The SMILES string of the molecule is Cc1oc(-c2ccc(C(=O)Nc3ccc(F)cc3F)cc2)nc1CS(=O)(=O)c1ccccc1. The zero-order valence-corrected chi connectivity index (χ0v) is 18.2. The zero-order valence-electron chi connectivity index (χ0n) is 17.4. The molecule has 0 aliphatic carbocycles. The van der Waals surface area contributed by atoms with E-state index in [1.54, 1.807) is 37.3 Å². The molecule has 0 radical (unpaired) electrons. The number of aryl methyl sites for hydroxylation is 1. The van der Waals surface area contributed by atoms with E-state index in [1.165, 1.54) is 24.3 Å². The Balaban J connectivity index is 1.51. The molecule has 1 aromatic heterocycles. The molecule has 0 aliphatic rings. The van der Waals surface area contributed by atoms with Crippen molar-refractivity contribution in [1.82, 2.24) is 4.98 Å². The highest BCUT2D eigenvalue weighted by molar-refractivity contribution is 7.90. The molecule has 1 heterocycles. The number of nitrogens with zero attached hydrogens (tertiary/aromatic N) is 1. The van der Waals surface area contributed by atoms with Gasteiger partial charge in [0.15, 0.2) is 9.84 Å². The van der Waals surface area contributed by atoms with Gasteiger partial charge in [-0.3, -0.25) is 4.79 Å². The van der Waals surface area contributed by atoms with Crippen molar-refractivity contribution >= 4 is 21.4 Å². The summed E-state index contributed by atoms with van der Waals surface area (Å²) in [4.78, 5) is 16.9. The van der Waals surface area contributed by atoms with Crippen LogP contribution in [0.3, 0.4) is 0 Å². The van der Waals surface area contributed by atoms with Gasteiger partial charge in [-0.2, -0.15) is 0 Å². The number of hydrogen-bond donors (Lipinski definition) is 1. The van der Waals surface area contributed by atoms with E-state index in [-0.39, 0.29) is 27.8 Å². The third-order valence-corrected chi connectivity index (χ3v) is 6.54. The van der Waals surface area contributed by atoms with Gasteiger partial charge in [-0.25, -0.2) is 22.2 Å². The number of carbonyl (C=O) groups excluding carboxylic acids is 1. The minimum absolute atomic E-state index is 0.141. The van der Waals surface area contributed by atoms with Crippen LogP contribution in [0.2, 0.25) is 0 Å². The molecule has 4 aromatic rings. The van der Waals surface area contributed by atoms with E-state index in [4.69, 9.17) is 4.42 Å². The number of benzene rings is 3. The van der Waals surface area contributed by atoms with Crippen LogP contribution < -0.4 is 5.32 Å². The quantitative estimate of drug-likeness (QED) is 0.423. The predicted molar refractivity (Wildman–Crippen MR) is 118 cm³/mol. The van der Waals surface area contributed by atoms with Crippen molar-refractivity contribution in [2.75, 3.05) is 5.32 Å². The molecule has 0 atom stereocenters. The van der Waals surface area contributed by atoms with Gasteiger partial charge in [-0.1, -0.05) is 18.2 Å². The van der Waals surface area contributed by atoms with Crippen LogP contribution in [-0.2, 0) is 15.6 Å². The topological polar surface area (TPSA) is 89.3 Å². The molecule has 0 saturated carbocycles. The van der Waals surface area contributed by atoms with Gasteiger partial charge >= 0.3 is 0 Å². The lowest BCUT2D eigenvalue weighted by Crippen LogP contribution is -2.13. The lowest BCUT2D eigenvalue weighted by molar-refractivity contribution is 0.102. The Bertz CT molecular complexity index is 1420. The van der Waals surface area contributed by atoms with Gasteiger partial charge in [0.25, 0.3) is 5.91 Å².